The Labute approximate surface area is 166 Å². The Morgan fingerprint density at radius 1 is 1.31 bits per heavy atom. The molecule has 0 atom stereocenters. The Hall–Kier alpha value is -3.07. The number of methoxy groups -OCH3 is 1. The molecule has 8 nitrogen and oxygen atoms in total. The van der Waals surface area contributed by atoms with E-state index in [1.807, 2.05) is 0 Å². The summed E-state index contributed by atoms with van der Waals surface area (Å²) < 4.78 is 27.2. The van der Waals surface area contributed by atoms with Crippen LogP contribution in [-0.4, -0.2) is 45.5 Å². The molecule has 0 aliphatic carbocycles. The van der Waals surface area contributed by atoms with Crippen LogP contribution >= 0.6 is 0 Å². The molecule has 0 spiro atoms. The highest BCUT2D eigenvalue weighted by molar-refractivity contribution is 5.84. The minimum absolute atomic E-state index is 0.0434. The number of nitrogens with two attached hydrogens (primary N) is 1. The number of alkyl halides is 1. The molecule has 29 heavy (non-hydrogen) atoms. The van der Waals surface area contributed by atoms with E-state index in [1.165, 1.54) is 11.7 Å². The first kappa shape index (κ1) is 19.3. The van der Waals surface area contributed by atoms with Crippen LogP contribution in [0.2, 0.25) is 0 Å². The normalized spacial score (nSPS) is 16.1. The van der Waals surface area contributed by atoms with Crippen molar-refractivity contribution in [3.8, 4) is 17.0 Å². The molecule has 9 heteroatoms. The zero-order valence-corrected chi connectivity index (χ0v) is 16.3. The van der Waals surface area contributed by atoms with Gasteiger partial charge in [-0.2, -0.15) is 4.98 Å². The van der Waals surface area contributed by atoms with Gasteiger partial charge in [-0.05, 0) is 19.1 Å². The Balaban J connectivity index is 1.93. The van der Waals surface area contributed by atoms with Gasteiger partial charge in [0.1, 0.15) is 11.3 Å². The molecule has 0 saturated carbocycles. The number of anilines is 1. The Kier molecular flexibility index (Phi) is 4.91. The summed E-state index contributed by atoms with van der Waals surface area (Å²) >= 11 is 0. The fourth-order valence-corrected chi connectivity index (χ4v) is 3.60. The van der Waals surface area contributed by atoms with Crippen LogP contribution in [0.4, 0.5) is 10.3 Å². The Bertz CT molecular complexity index is 1110. The number of halogens is 1. The first-order valence-electron chi connectivity index (χ1n) is 9.35. The maximum atomic E-state index is 15.5. The number of nitrogen functional groups attached to an aromatic ring is 1. The van der Waals surface area contributed by atoms with Gasteiger partial charge in [-0.1, -0.05) is 0 Å². The average molecular weight is 399 g/mol. The molecular formula is C20H22FN5O3. The van der Waals surface area contributed by atoms with E-state index >= 15 is 4.39 Å². The molecule has 0 bridgehead atoms. The van der Waals surface area contributed by atoms with Crippen LogP contribution in [-0.2, 0) is 11.3 Å². The molecule has 1 aliphatic heterocycles. The van der Waals surface area contributed by atoms with E-state index in [2.05, 4.69) is 15.0 Å². The summed E-state index contributed by atoms with van der Waals surface area (Å²) in [6.45, 7) is 2.30. The molecule has 2 N–H and O–H groups in total. The van der Waals surface area contributed by atoms with Gasteiger partial charge >= 0.3 is 0 Å². The van der Waals surface area contributed by atoms with E-state index in [-0.39, 0.29) is 30.9 Å². The van der Waals surface area contributed by atoms with Gasteiger partial charge in [-0.25, -0.2) is 14.4 Å². The van der Waals surface area contributed by atoms with Gasteiger partial charge in [0.2, 0.25) is 11.8 Å². The second-order valence-corrected chi connectivity index (χ2v) is 7.21. The minimum Gasteiger partial charge on any atom is -0.481 e. The van der Waals surface area contributed by atoms with Crippen LogP contribution in [0.5, 0.6) is 5.88 Å². The summed E-state index contributed by atoms with van der Waals surface area (Å²) in [5.74, 6) is 0.481. The number of aromatic nitrogens is 4. The lowest BCUT2D eigenvalue weighted by molar-refractivity contribution is -0.0176. The zero-order valence-electron chi connectivity index (χ0n) is 16.3. The van der Waals surface area contributed by atoms with E-state index in [9.17, 15) is 4.79 Å². The van der Waals surface area contributed by atoms with Gasteiger partial charge in [0.25, 0.3) is 5.56 Å². The highest BCUT2D eigenvalue weighted by Crippen LogP contribution is 2.29. The van der Waals surface area contributed by atoms with Crippen LogP contribution in [0, 0.1) is 6.92 Å². The monoisotopic (exact) mass is 399 g/mol. The van der Waals surface area contributed by atoms with Crippen LogP contribution in [0.1, 0.15) is 18.5 Å². The third kappa shape index (κ3) is 3.65. The summed E-state index contributed by atoms with van der Waals surface area (Å²) in [4.78, 5) is 26.0. The SMILES string of the molecule is COc1ccc(-c2cc3c(C)nc(N)nc3n(CC3(F)CCOCC3)c2=O)cn1. The highest BCUT2D eigenvalue weighted by Gasteiger charge is 2.34. The predicted molar refractivity (Wildman–Crippen MR) is 107 cm³/mol. The number of nitrogens with zero attached hydrogens (tertiary/aromatic N) is 4. The molecule has 0 amide bonds. The number of ether oxygens (including phenoxy) is 2. The highest BCUT2D eigenvalue weighted by atomic mass is 19.1. The number of pyridine rings is 2. The van der Waals surface area contributed by atoms with Crippen LogP contribution in [0.15, 0.2) is 29.2 Å². The standard InChI is InChI=1S/C20H22FN5O3/c1-12-14-9-15(13-3-4-16(28-2)23-10-13)18(27)26(17(14)25-19(22)24-12)11-20(21)5-7-29-8-6-20/h3-4,9-10H,5-8,11H2,1-2H3,(H2,22,24,25). The van der Waals surface area contributed by atoms with Crippen LogP contribution < -0.4 is 16.0 Å². The van der Waals surface area contributed by atoms with Crippen molar-refractivity contribution >= 4 is 17.0 Å². The van der Waals surface area contributed by atoms with Crippen molar-refractivity contribution in [3.05, 3.63) is 40.4 Å². The molecule has 0 radical (unpaired) electrons. The smallest absolute Gasteiger partial charge is 0.260 e. The van der Waals surface area contributed by atoms with E-state index in [1.54, 1.807) is 31.3 Å². The van der Waals surface area contributed by atoms with Crippen LogP contribution in [0.25, 0.3) is 22.2 Å². The summed E-state index contributed by atoms with van der Waals surface area (Å²) in [6.07, 6.45) is 1.99. The molecular weight excluding hydrogens is 377 g/mol. The maximum Gasteiger partial charge on any atom is 0.260 e. The molecule has 4 heterocycles. The minimum atomic E-state index is -1.56. The van der Waals surface area contributed by atoms with Gasteiger partial charge in [-0.3, -0.25) is 9.36 Å². The molecule has 3 aromatic rings. The van der Waals surface area contributed by atoms with E-state index < -0.39 is 5.67 Å². The molecule has 4 rings (SSSR count). The predicted octanol–water partition coefficient (Wildman–Crippen LogP) is 2.27. The van der Waals surface area contributed by atoms with E-state index in [0.717, 1.165) is 0 Å². The van der Waals surface area contributed by atoms with E-state index in [0.29, 0.717) is 46.9 Å². The van der Waals surface area contributed by atoms with Gasteiger partial charge in [0.05, 0.1) is 19.3 Å². The molecule has 0 unspecified atom stereocenters. The summed E-state index contributed by atoms with van der Waals surface area (Å²) in [7, 11) is 1.52. The lowest BCUT2D eigenvalue weighted by atomic mass is 9.96. The molecule has 152 valence electrons. The third-order valence-corrected chi connectivity index (χ3v) is 5.24. The van der Waals surface area contributed by atoms with E-state index in [4.69, 9.17) is 15.2 Å². The van der Waals surface area contributed by atoms with Crippen molar-refractivity contribution in [3.63, 3.8) is 0 Å². The second kappa shape index (κ2) is 7.40. The van der Waals surface area contributed by atoms with Crippen molar-refractivity contribution in [1.82, 2.24) is 19.5 Å². The van der Waals surface area contributed by atoms with Crippen LogP contribution in [0.3, 0.4) is 0 Å². The van der Waals surface area contributed by atoms with Crippen molar-refractivity contribution in [2.45, 2.75) is 32.0 Å². The largest absolute Gasteiger partial charge is 0.481 e. The lowest BCUT2D eigenvalue weighted by Crippen LogP contribution is -2.39. The zero-order chi connectivity index (χ0) is 20.6. The molecule has 1 saturated heterocycles. The fraction of sp³-hybridized carbons (Fsp3) is 0.400. The third-order valence-electron chi connectivity index (χ3n) is 5.24. The number of rotatable bonds is 4. The Morgan fingerprint density at radius 3 is 2.72 bits per heavy atom. The first-order chi connectivity index (χ1) is 13.9. The van der Waals surface area contributed by atoms with Gasteiger partial charge < -0.3 is 15.2 Å². The fourth-order valence-electron chi connectivity index (χ4n) is 3.60. The number of aryl methyl sites for hydroxylation is 1. The maximum absolute atomic E-state index is 15.5. The molecule has 1 fully saturated rings. The topological polar surface area (TPSA) is 105 Å². The molecule has 3 aromatic heterocycles. The average Bonchev–Trinajstić information content (AvgIpc) is 2.71. The van der Waals surface area contributed by atoms with Gasteiger partial charge in [0.15, 0.2) is 0 Å². The Morgan fingerprint density at radius 2 is 2.07 bits per heavy atom. The second-order valence-electron chi connectivity index (χ2n) is 7.21. The molecule has 1 aliphatic rings. The lowest BCUT2D eigenvalue weighted by Gasteiger charge is -2.30. The molecule has 0 aromatic carbocycles. The first-order valence-corrected chi connectivity index (χ1v) is 9.35. The summed E-state index contributed by atoms with van der Waals surface area (Å²) in [5, 5.41) is 0.639. The summed E-state index contributed by atoms with van der Waals surface area (Å²) in [6, 6.07) is 5.12. The number of hydrogen-bond acceptors (Lipinski definition) is 7. The quantitative estimate of drug-likeness (QED) is 0.717. The van der Waals surface area contributed by atoms with Gasteiger partial charge in [0, 0.05) is 54.8 Å². The van der Waals surface area contributed by atoms with Crippen molar-refractivity contribution < 1.29 is 13.9 Å². The number of fused-ring (bicyclic) bond motifs is 1. The van der Waals surface area contributed by atoms with Gasteiger partial charge in [-0.15, -0.1) is 0 Å². The number of hydrogen-bond donors (Lipinski definition) is 1. The van der Waals surface area contributed by atoms with Crippen molar-refractivity contribution in [2.24, 2.45) is 0 Å². The van der Waals surface area contributed by atoms with Crippen molar-refractivity contribution in [2.75, 3.05) is 26.1 Å². The summed E-state index contributed by atoms with van der Waals surface area (Å²) in [5.41, 5.74) is 5.83. The van der Waals surface area contributed by atoms with Crippen molar-refractivity contribution in [1.29, 1.82) is 0 Å².